The topological polar surface area (TPSA) is 94.3 Å². The predicted molar refractivity (Wildman–Crippen MR) is 151 cm³/mol. The van der Waals surface area contributed by atoms with E-state index in [1.807, 2.05) is 12.1 Å². The van der Waals surface area contributed by atoms with Crippen LogP contribution in [0, 0.1) is 5.82 Å². The molecule has 1 N–H and O–H groups in total. The van der Waals surface area contributed by atoms with E-state index in [1.165, 1.54) is 25.5 Å². The Morgan fingerprint density at radius 2 is 1.83 bits per heavy atom. The molecule has 1 aliphatic heterocycles. The Morgan fingerprint density at radius 3 is 2.56 bits per heavy atom. The molecule has 6 rings (SSSR count). The molecule has 0 saturated carbocycles. The first-order chi connectivity index (χ1) is 20.0. The molecule has 3 heterocycles. The highest BCUT2D eigenvalue weighted by Crippen LogP contribution is 2.47. The van der Waals surface area contributed by atoms with Crippen LogP contribution >= 0.6 is 0 Å². The number of aromatic hydroxyl groups is 1. The van der Waals surface area contributed by atoms with Crippen molar-refractivity contribution >= 4 is 27.7 Å². The highest BCUT2D eigenvalue weighted by atomic mass is 19.1. The Hall–Kier alpha value is -4.47. The number of pyridine rings is 1. The SMILES string of the molecule is COC(=O)c1coc2c1c(C(c1ccncc1)N1CCOCC1)c(O)c1ccc(OCCc3ccc(F)cc3)cc12. The van der Waals surface area contributed by atoms with Crippen LogP contribution in [-0.2, 0) is 15.9 Å². The van der Waals surface area contributed by atoms with E-state index in [0.717, 1.165) is 11.1 Å². The van der Waals surface area contributed by atoms with Crippen molar-refractivity contribution in [1.29, 1.82) is 0 Å². The van der Waals surface area contributed by atoms with E-state index in [2.05, 4.69) is 9.88 Å². The summed E-state index contributed by atoms with van der Waals surface area (Å²) in [4.78, 5) is 19.3. The van der Waals surface area contributed by atoms with Gasteiger partial charge in [0.05, 0.1) is 33.0 Å². The van der Waals surface area contributed by atoms with E-state index in [0.29, 0.717) is 72.4 Å². The van der Waals surface area contributed by atoms with Gasteiger partial charge in [0.2, 0.25) is 0 Å². The number of hydrogen-bond donors (Lipinski definition) is 1. The number of morpholine rings is 1. The van der Waals surface area contributed by atoms with Gasteiger partial charge in [-0.15, -0.1) is 0 Å². The molecule has 0 radical (unpaired) electrons. The number of rotatable bonds is 8. The van der Waals surface area contributed by atoms with E-state index in [1.54, 1.807) is 42.7 Å². The molecular weight excluding hydrogens is 527 g/mol. The third-order valence-corrected chi connectivity index (χ3v) is 7.49. The summed E-state index contributed by atoms with van der Waals surface area (Å²) in [6, 6.07) is 15.1. The third kappa shape index (κ3) is 5.21. The van der Waals surface area contributed by atoms with Crippen LogP contribution in [0.4, 0.5) is 4.39 Å². The van der Waals surface area contributed by atoms with Gasteiger partial charge in [-0.3, -0.25) is 9.88 Å². The summed E-state index contributed by atoms with van der Waals surface area (Å²) in [5.41, 5.74) is 3.10. The van der Waals surface area contributed by atoms with Crippen molar-refractivity contribution in [1.82, 2.24) is 9.88 Å². The zero-order valence-electron chi connectivity index (χ0n) is 22.5. The summed E-state index contributed by atoms with van der Waals surface area (Å²) < 4.78 is 36.0. The number of phenolic OH excluding ortho intramolecular Hbond substituents is 1. The number of phenols is 1. The highest BCUT2D eigenvalue weighted by Gasteiger charge is 2.33. The molecule has 9 heteroatoms. The molecule has 8 nitrogen and oxygen atoms in total. The number of benzene rings is 3. The van der Waals surface area contributed by atoms with Crippen LogP contribution in [0.1, 0.15) is 33.1 Å². The number of carbonyl (C=O) groups is 1. The quantitative estimate of drug-likeness (QED) is 0.245. The Labute approximate surface area is 235 Å². The van der Waals surface area contributed by atoms with E-state index < -0.39 is 12.0 Å². The molecule has 5 aromatic rings. The van der Waals surface area contributed by atoms with Gasteiger partial charge in [-0.25, -0.2) is 9.18 Å². The minimum Gasteiger partial charge on any atom is -0.507 e. The Balaban J connectivity index is 1.48. The first kappa shape index (κ1) is 26.7. The number of carbonyl (C=O) groups excluding carboxylic acids is 1. The fourth-order valence-corrected chi connectivity index (χ4v) is 5.50. The van der Waals surface area contributed by atoms with Gasteiger partial charge in [0, 0.05) is 53.6 Å². The lowest BCUT2D eigenvalue weighted by molar-refractivity contribution is 0.0238. The molecule has 210 valence electrons. The number of fused-ring (bicyclic) bond motifs is 3. The normalized spacial score (nSPS) is 14.8. The van der Waals surface area contributed by atoms with E-state index in [4.69, 9.17) is 18.6 Å². The maximum atomic E-state index is 13.2. The second-order valence-corrected chi connectivity index (χ2v) is 9.87. The van der Waals surface area contributed by atoms with Crippen LogP contribution in [0.5, 0.6) is 11.5 Å². The lowest BCUT2D eigenvalue weighted by Crippen LogP contribution is -2.39. The van der Waals surface area contributed by atoms with Crippen LogP contribution in [-0.4, -0.2) is 61.0 Å². The molecule has 1 aliphatic rings. The Morgan fingerprint density at radius 1 is 1.07 bits per heavy atom. The molecule has 1 fully saturated rings. The molecule has 0 bridgehead atoms. The van der Waals surface area contributed by atoms with Gasteiger partial charge in [-0.2, -0.15) is 0 Å². The molecule has 1 unspecified atom stereocenters. The number of methoxy groups -OCH3 is 1. The largest absolute Gasteiger partial charge is 0.507 e. The number of nitrogens with zero attached hydrogens (tertiary/aromatic N) is 2. The van der Waals surface area contributed by atoms with Crippen molar-refractivity contribution in [3.05, 3.63) is 101 Å². The second-order valence-electron chi connectivity index (χ2n) is 9.87. The van der Waals surface area contributed by atoms with Gasteiger partial charge in [-0.1, -0.05) is 12.1 Å². The summed E-state index contributed by atoms with van der Waals surface area (Å²) in [7, 11) is 1.32. The van der Waals surface area contributed by atoms with Crippen molar-refractivity contribution in [3.63, 3.8) is 0 Å². The van der Waals surface area contributed by atoms with Crippen LogP contribution in [0.3, 0.4) is 0 Å². The standard InChI is InChI=1S/C32H29FN2O6/c1-38-32(37)26-19-41-31-25-18-23(40-15-10-20-2-4-22(33)5-3-20)6-7-24(25)30(36)28(27(26)31)29(21-8-11-34-12-9-21)35-13-16-39-17-14-35/h2-9,11-12,18-19,29,36H,10,13-17H2,1H3. The number of hydrogen-bond acceptors (Lipinski definition) is 8. The second kappa shape index (κ2) is 11.6. The molecule has 0 spiro atoms. The van der Waals surface area contributed by atoms with E-state index in [9.17, 15) is 14.3 Å². The first-order valence-corrected chi connectivity index (χ1v) is 13.4. The molecule has 3 aromatic carbocycles. The Kier molecular flexibility index (Phi) is 7.54. The summed E-state index contributed by atoms with van der Waals surface area (Å²) in [6.07, 6.45) is 5.40. The number of aromatic nitrogens is 1. The predicted octanol–water partition coefficient (Wildman–Crippen LogP) is 5.66. The minimum absolute atomic E-state index is 0.0465. The number of esters is 1. The average Bonchev–Trinajstić information content (AvgIpc) is 3.46. The summed E-state index contributed by atoms with van der Waals surface area (Å²) >= 11 is 0. The van der Waals surface area contributed by atoms with Crippen LogP contribution in [0.2, 0.25) is 0 Å². The van der Waals surface area contributed by atoms with Gasteiger partial charge in [0.25, 0.3) is 0 Å². The number of furan rings is 1. The zero-order chi connectivity index (χ0) is 28.3. The van der Waals surface area contributed by atoms with Crippen molar-refractivity contribution in [3.8, 4) is 11.5 Å². The smallest absolute Gasteiger partial charge is 0.341 e. The van der Waals surface area contributed by atoms with Crippen LogP contribution < -0.4 is 4.74 Å². The number of ether oxygens (including phenoxy) is 3. The van der Waals surface area contributed by atoms with E-state index in [-0.39, 0.29) is 17.1 Å². The van der Waals surface area contributed by atoms with Gasteiger partial charge >= 0.3 is 5.97 Å². The third-order valence-electron chi connectivity index (χ3n) is 7.49. The fraction of sp³-hybridized carbons (Fsp3) is 0.250. The fourth-order valence-electron chi connectivity index (χ4n) is 5.50. The van der Waals surface area contributed by atoms with Crippen LogP contribution in [0.15, 0.2) is 77.7 Å². The molecule has 0 aliphatic carbocycles. The summed E-state index contributed by atoms with van der Waals surface area (Å²) in [5, 5.41) is 13.6. The summed E-state index contributed by atoms with van der Waals surface area (Å²) in [5.74, 6) is -0.226. The van der Waals surface area contributed by atoms with Gasteiger partial charge in [0.15, 0.2) is 0 Å². The lowest BCUT2D eigenvalue weighted by atomic mass is 9.89. The first-order valence-electron chi connectivity index (χ1n) is 13.4. The zero-order valence-corrected chi connectivity index (χ0v) is 22.5. The van der Waals surface area contributed by atoms with Crippen molar-refractivity contribution in [2.75, 3.05) is 40.0 Å². The van der Waals surface area contributed by atoms with Crippen molar-refractivity contribution in [2.24, 2.45) is 0 Å². The molecule has 41 heavy (non-hydrogen) atoms. The maximum absolute atomic E-state index is 13.2. The molecule has 1 saturated heterocycles. The monoisotopic (exact) mass is 556 g/mol. The van der Waals surface area contributed by atoms with Gasteiger partial charge < -0.3 is 23.7 Å². The summed E-state index contributed by atoms with van der Waals surface area (Å²) in [6.45, 7) is 2.74. The lowest BCUT2D eigenvalue weighted by Gasteiger charge is -2.36. The van der Waals surface area contributed by atoms with Crippen LogP contribution in [0.25, 0.3) is 21.7 Å². The van der Waals surface area contributed by atoms with Gasteiger partial charge in [0.1, 0.15) is 34.7 Å². The average molecular weight is 557 g/mol. The van der Waals surface area contributed by atoms with Crippen molar-refractivity contribution in [2.45, 2.75) is 12.5 Å². The van der Waals surface area contributed by atoms with Crippen molar-refractivity contribution < 1.29 is 32.9 Å². The molecular formula is C32H29FN2O6. The molecule has 1 atom stereocenters. The number of halogens is 1. The molecule has 0 amide bonds. The Bertz CT molecular complexity index is 1680. The minimum atomic E-state index is -0.564. The van der Waals surface area contributed by atoms with Gasteiger partial charge in [-0.05, 0) is 53.6 Å². The van der Waals surface area contributed by atoms with E-state index >= 15 is 0 Å². The maximum Gasteiger partial charge on any atom is 0.341 e. The molecule has 2 aromatic heterocycles. The highest BCUT2D eigenvalue weighted by molar-refractivity contribution is 6.16.